The summed E-state index contributed by atoms with van der Waals surface area (Å²) in [5.41, 5.74) is 0. The van der Waals surface area contributed by atoms with Crippen molar-refractivity contribution in [1.82, 2.24) is 14.8 Å². The number of aryl methyl sites for hydroxylation is 2. The van der Waals surface area contributed by atoms with Crippen molar-refractivity contribution >= 4 is 28.7 Å². The van der Waals surface area contributed by atoms with E-state index in [2.05, 4.69) is 10.1 Å². The van der Waals surface area contributed by atoms with E-state index in [0.29, 0.717) is 18.9 Å². The van der Waals surface area contributed by atoms with Gasteiger partial charge in [0.15, 0.2) is 5.12 Å². The SMILES string of the molecule is CCc1nc(N2CC(SC(C)=O)CC2=O)nn1C. The lowest BCUT2D eigenvalue weighted by atomic mass is 10.4. The van der Waals surface area contributed by atoms with Gasteiger partial charge in [0.05, 0.1) is 0 Å². The molecule has 1 saturated heterocycles. The number of carbonyl (C=O) groups excluding carboxylic acids is 2. The molecular formula is C11H16N4O2S. The lowest BCUT2D eigenvalue weighted by Gasteiger charge is -2.10. The van der Waals surface area contributed by atoms with Gasteiger partial charge in [-0.05, 0) is 0 Å². The monoisotopic (exact) mass is 268 g/mol. The zero-order chi connectivity index (χ0) is 13.3. The summed E-state index contributed by atoms with van der Waals surface area (Å²) in [4.78, 5) is 28.8. The molecule has 0 aliphatic carbocycles. The molecule has 1 atom stereocenters. The Kier molecular flexibility index (Phi) is 3.70. The fraction of sp³-hybridized carbons (Fsp3) is 0.636. The smallest absolute Gasteiger partial charge is 0.251 e. The maximum Gasteiger partial charge on any atom is 0.251 e. The molecule has 0 spiro atoms. The van der Waals surface area contributed by atoms with Crippen molar-refractivity contribution in [2.75, 3.05) is 11.4 Å². The first-order valence-corrected chi connectivity index (χ1v) is 6.76. The van der Waals surface area contributed by atoms with Crippen LogP contribution in [0.1, 0.15) is 26.1 Å². The predicted octanol–water partition coefficient (Wildman–Crippen LogP) is 0.762. The van der Waals surface area contributed by atoms with Gasteiger partial charge in [-0.1, -0.05) is 18.7 Å². The van der Waals surface area contributed by atoms with Crippen LogP contribution in [-0.2, 0) is 23.1 Å². The summed E-state index contributed by atoms with van der Waals surface area (Å²) >= 11 is 1.22. The van der Waals surface area contributed by atoms with E-state index in [4.69, 9.17) is 0 Å². The molecule has 0 saturated carbocycles. The fourth-order valence-electron chi connectivity index (χ4n) is 2.01. The summed E-state index contributed by atoms with van der Waals surface area (Å²) in [6.45, 7) is 4.02. The highest BCUT2D eigenvalue weighted by Crippen LogP contribution is 2.26. The third-order valence-electron chi connectivity index (χ3n) is 2.82. The van der Waals surface area contributed by atoms with Crippen LogP contribution >= 0.6 is 11.8 Å². The van der Waals surface area contributed by atoms with Crippen molar-refractivity contribution in [2.24, 2.45) is 7.05 Å². The van der Waals surface area contributed by atoms with E-state index in [9.17, 15) is 9.59 Å². The fourth-order valence-corrected chi connectivity index (χ4v) is 2.92. The largest absolute Gasteiger partial charge is 0.288 e. The zero-order valence-corrected chi connectivity index (χ0v) is 11.5. The Balaban J connectivity index is 2.13. The maximum absolute atomic E-state index is 11.9. The van der Waals surface area contributed by atoms with Gasteiger partial charge in [-0.3, -0.25) is 19.2 Å². The average Bonchev–Trinajstić information content (AvgIpc) is 2.81. The molecular weight excluding hydrogens is 252 g/mol. The summed E-state index contributed by atoms with van der Waals surface area (Å²) in [5.74, 6) is 1.29. The van der Waals surface area contributed by atoms with Gasteiger partial charge < -0.3 is 0 Å². The van der Waals surface area contributed by atoms with Gasteiger partial charge in [0, 0.05) is 38.6 Å². The van der Waals surface area contributed by atoms with Crippen molar-refractivity contribution in [2.45, 2.75) is 31.9 Å². The topological polar surface area (TPSA) is 68.1 Å². The van der Waals surface area contributed by atoms with Crippen LogP contribution in [0.4, 0.5) is 5.95 Å². The molecule has 18 heavy (non-hydrogen) atoms. The summed E-state index contributed by atoms with van der Waals surface area (Å²) in [5, 5.41) is 4.30. The summed E-state index contributed by atoms with van der Waals surface area (Å²) in [6.07, 6.45) is 1.15. The van der Waals surface area contributed by atoms with Crippen LogP contribution in [0.25, 0.3) is 0 Å². The first-order valence-electron chi connectivity index (χ1n) is 5.88. The van der Waals surface area contributed by atoms with Crippen molar-refractivity contribution in [3.05, 3.63) is 5.82 Å². The lowest BCUT2D eigenvalue weighted by Crippen LogP contribution is -2.26. The van der Waals surface area contributed by atoms with Crippen LogP contribution in [0, 0.1) is 0 Å². The Morgan fingerprint density at radius 2 is 2.28 bits per heavy atom. The molecule has 1 aromatic rings. The highest BCUT2D eigenvalue weighted by atomic mass is 32.2. The van der Waals surface area contributed by atoms with Crippen LogP contribution in [0.2, 0.25) is 0 Å². The molecule has 1 aliphatic heterocycles. The van der Waals surface area contributed by atoms with Gasteiger partial charge in [-0.15, -0.1) is 5.10 Å². The first-order chi connectivity index (χ1) is 8.51. The number of carbonyl (C=O) groups is 2. The molecule has 1 aliphatic rings. The van der Waals surface area contributed by atoms with E-state index >= 15 is 0 Å². The lowest BCUT2D eigenvalue weighted by molar-refractivity contribution is -0.117. The second-order valence-corrected chi connectivity index (χ2v) is 5.72. The molecule has 1 fully saturated rings. The maximum atomic E-state index is 11.9. The Morgan fingerprint density at radius 3 is 2.83 bits per heavy atom. The molecule has 0 N–H and O–H groups in total. The van der Waals surface area contributed by atoms with Gasteiger partial charge in [0.25, 0.3) is 5.95 Å². The van der Waals surface area contributed by atoms with Gasteiger partial charge in [0.1, 0.15) is 5.82 Å². The van der Waals surface area contributed by atoms with E-state index in [1.807, 2.05) is 14.0 Å². The molecule has 1 aromatic heterocycles. The van der Waals surface area contributed by atoms with Crippen LogP contribution in [0.15, 0.2) is 0 Å². The molecule has 7 heteroatoms. The van der Waals surface area contributed by atoms with Gasteiger partial charge in [0.2, 0.25) is 5.91 Å². The third kappa shape index (κ3) is 2.55. The first kappa shape index (κ1) is 13.1. The zero-order valence-electron chi connectivity index (χ0n) is 10.7. The van der Waals surface area contributed by atoms with Gasteiger partial charge in [-0.2, -0.15) is 4.98 Å². The molecule has 2 rings (SSSR count). The van der Waals surface area contributed by atoms with Crippen molar-refractivity contribution in [3.63, 3.8) is 0 Å². The van der Waals surface area contributed by atoms with E-state index in [-0.39, 0.29) is 16.3 Å². The number of hydrogen-bond acceptors (Lipinski definition) is 5. The number of amides is 1. The minimum atomic E-state index is -0.0120. The van der Waals surface area contributed by atoms with E-state index < -0.39 is 0 Å². The molecule has 1 amide bonds. The van der Waals surface area contributed by atoms with E-state index in [1.165, 1.54) is 18.7 Å². The molecule has 0 bridgehead atoms. The number of rotatable bonds is 3. The van der Waals surface area contributed by atoms with E-state index in [0.717, 1.165) is 12.2 Å². The number of aromatic nitrogens is 3. The molecule has 0 radical (unpaired) electrons. The normalized spacial score (nSPS) is 19.6. The Hall–Kier alpha value is -1.37. The molecule has 0 aromatic carbocycles. The van der Waals surface area contributed by atoms with Crippen molar-refractivity contribution in [1.29, 1.82) is 0 Å². The van der Waals surface area contributed by atoms with Gasteiger partial charge >= 0.3 is 0 Å². The second-order valence-electron chi connectivity index (χ2n) is 4.25. The molecule has 98 valence electrons. The Morgan fingerprint density at radius 1 is 1.56 bits per heavy atom. The number of hydrogen-bond donors (Lipinski definition) is 0. The molecule has 1 unspecified atom stereocenters. The third-order valence-corrected chi connectivity index (χ3v) is 3.80. The highest BCUT2D eigenvalue weighted by molar-refractivity contribution is 8.14. The van der Waals surface area contributed by atoms with Crippen LogP contribution in [-0.4, -0.2) is 37.6 Å². The van der Waals surface area contributed by atoms with Crippen LogP contribution in [0.5, 0.6) is 0 Å². The second kappa shape index (κ2) is 5.09. The predicted molar refractivity (Wildman–Crippen MR) is 69.4 cm³/mol. The summed E-state index contributed by atoms with van der Waals surface area (Å²) in [6, 6.07) is 0. The highest BCUT2D eigenvalue weighted by Gasteiger charge is 2.34. The minimum Gasteiger partial charge on any atom is -0.288 e. The Labute approximate surface area is 110 Å². The standard InChI is InChI=1S/C11H16N4O2S/c1-4-9-12-11(13-14(9)3)15-6-8(5-10(15)17)18-7(2)16/h8H,4-6H2,1-3H3. The van der Waals surface area contributed by atoms with Crippen LogP contribution in [0.3, 0.4) is 0 Å². The van der Waals surface area contributed by atoms with Crippen LogP contribution < -0.4 is 4.90 Å². The number of thioether (sulfide) groups is 1. The average molecular weight is 268 g/mol. The van der Waals surface area contributed by atoms with Crippen molar-refractivity contribution < 1.29 is 9.59 Å². The quantitative estimate of drug-likeness (QED) is 0.809. The Bertz CT molecular complexity index is 485. The molecule has 6 nitrogen and oxygen atoms in total. The van der Waals surface area contributed by atoms with Gasteiger partial charge in [-0.25, -0.2) is 0 Å². The summed E-state index contributed by atoms with van der Waals surface area (Å²) < 4.78 is 1.69. The number of nitrogens with zero attached hydrogens (tertiary/aromatic N) is 4. The molecule has 2 heterocycles. The minimum absolute atomic E-state index is 0.0120. The summed E-state index contributed by atoms with van der Waals surface area (Å²) in [7, 11) is 1.82. The van der Waals surface area contributed by atoms with E-state index in [1.54, 1.807) is 9.58 Å². The number of anilines is 1. The van der Waals surface area contributed by atoms with Crippen molar-refractivity contribution in [3.8, 4) is 0 Å².